The lowest BCUT2D eigenvalue weighted by molar-refractivity contribution is 0.0983. The zero-order valence-electron chi connectivity index (χ0n) is 16.2. The first kappa shape index (κ1) is 17.6. The van der Waals surface area contributed by atoms with Gasteiger partial charge in [-0.25, -0.2) is 9.67 Å². The van der Waals surface area contributed by atoms with Gasteiger partial charge in [0.2, 0.25) is 0 Å². The van der Waals surface area contributed by atoms with E-state index < -0.39 is 0 Å². The standard InChI is InChI=1S/C23H21N5O/c1-16-19-11-12-20(25-22(19)28(26-16)18-8-3-2-4-9-18)23(29)27-14-13-24-15-17-7-5-6-10-21(17)27/h2-12,24H,13-15H2,1H3. The van der Waals surface area contributed by atoms with Crippen molar-refractivity contribution in [3.63, 3.8) is 0 Å². The third kappa shape index (κ3) is 3.07. The fourth-order valence-corrected chi connectivity index (χ4v) is 3.82. The van der Waals surface area contributed by atoms with E-state index in [0.717, 1.165) is 41.1 Å². The number of aromatic nitrogens is 3. The molecule has 1 aliphatic rings. The van der Waals surface area contributed by atoms with Gasteiger partial charge in [0.15, 0.2) is 5.65 Å². The first-order chi connectivity index (χ1) is 14.2. The number of hydrogen-bond acceptors (Lipinski definition) is 4. The van der Waals surface area contributed by atoms with Crippen LogP contribution in [0.1, 0.15) is 21.7 Å². The molecule has 1 N–H and O–H groups in total. The molecule has 144 valence electrons. The summed E-state index contributed by atoms with van der Waals surface area (Å²) in [5, 5.41) is 8.97. The Kier molecular flexibility index (Phi) is 4.33. The quantitative estimate of drug-likeness (QED) is 0.576. The molecule has 6 nitrogen and oxygen atoms in total. The number of hydrogen-bond donors (Lipinski definition) is 1. The average molecular weight is 383 g/mol. The van der Waals surface area contributed by atoms with Gasteiger partial charge >= 0.3 is 0 Å². The highest BCUT2D eigenvalue weighted by molar-refractivity contribution is 6.06. The zero-order chi connectivity index (χ0) is 19.8. The Balaban J connectivity index is 1.60. The Hall–Kier alpha value is -3.51. The summed E-state index contributed by atoms with van der Waals surface area (Å²) in [5.74, 6) is -0.0958. The Morgan fingerprint density at radius 2 is 1.79 bits per heavy atom. The number of anilines is 1. The number of carbonyl (C=O) groups is 1. The number of carbonyl (C=O) groups excluding carboxylic acids is 1. The lowest BCUT2D eigenvalue weighted by Crippen LogP contribution is -2.35. The monoisotopic (exact) mass is 383 g/mol. The summed E-state index contributed by atoms with van der Waals surface area (Å²) in [7, 11) is 0. The second-order valence-corrected chi connectivity index (χ2v) is 7.16. The van der Waals surface area contributed by atoms with E-state index in [0.29, 0.717) is 17.9 Å². The minimum atomic E-state index is -0.0958. The summed E-state index contributed by atoms with van der Waals surface area (Å²) in [5.41, 5.74) is 4.99. The average Bonchev–Trinajstić information content (AvgIpc) is 2.95. The molecule has 6 heteroatoms. The van der Waals surface area contributed by atoms with Gasteiger partial charge in [0.05, 0.1) is 11.4 Å². The molecule has 3 heterocycles. The summed E-state index contributed by atoms with van der Waals surface area (Å²) >= 11 is 0. The zero-order valence-corrected chi connectivity index (χ0v) is 16.2. The summed E-state index contributed by atoms with van der Waals surface area (Å²) in [4.78, 5) is 20.0. The molecule has 2 aromatic carbocycles. The molecule has 0 radical (unpaired) electrons. The molecule has 0 spiro atoms. The smallest absolute Gasteiger partial charge is 0.277 e. The number of nitrogens with one attached hydrogen (secondary N) is 1. The third-order valence-electron chi connectivity index (χ3n) is 5.29. The van der Waals surface area contributed by atoms with E-state index in [9.17, 15) is 4.79 Å². The van der Waals surface area contributed by atoms with E-state index in [-0.39, 0.29) is 5.91 Å². The van der Waals surface area contributed by atoms with E-state index in [2.05, 4.69) is 16.5 Å². The minimum Gasteiger partial charge on any atom is -0.311 e. The molecule has 0 atom stereocenters. The number of nitrogens with zero attached hydrogens (tertiary/aromatic N) is 4. The van der Waals surface area contributed by atoms with Gasteiger partial charge in [-0.2, -0.15) is 5.10 Å². The molecule has 29 heavy (non-hydrogen) atoms. The Labute approximate surface area is 168 Å². The summed E-state index contributed by atoms with van der Waals surface area (Å²) in [6.45, 7) is 4.06. The maximum Gasteiger partial charge on any atom is 0.277 e. The number of pyridine rings is 1. The van der Waals surface area contributed by atoms with Crippen LogP contribution in [0.4, 0.5) is 5.69 Å². The van der Waals surface area contributed by atoms with E-state index in [1.165, 1.54) is 0 Å². The number of amides is 1. The first-order valence-electron chi connectivity index (χ1n) is 9.74. The number of benzene rings is 2. The summed E-state index contributed by atoms with van der Waals surface area (Å²) in [6, 6.07) is 21.6. The molecule has 4 aromatic rings. The predicted molar refractivity (Wildman–Crippen MR) is 113 cm³/mol. The van der Waals surface area contributed by atoms with Crippen molar-refractivity contribution in [2.75, 3.05) is 18.0 Å². The number of rotatable bonds is 2. The Bertz CT molecular complexity index is 1200. The van der Waals surface area contributed by atoms with Crippen molar-refractivity contribution in [2.45, 2.75) is 13.5 Å². The Morgan fingerprint density at radius 3 is 2.66 bits per heavy atom. The molecule has 0 saturated heterocycles. The number of para-hydroxylation sites is 2. The van der Waals surface area contributed by atoms with Crippen molar-refractivity contribution in [3.05, 3.63) is 83.7 Å². The predicted octanol–water partition coefficient (Wildman–Crippen LogP) is 3.48. The molecule has 1 aliphatic heterocycles. The number of aryl methyl sites for hydroxylation is 1. The van der Waals surface area contributed by atoms with Crippen molar-refractivity contribution in [1.29, 1.82) is 0 Å². The fourth-order valence-electron chi connectivity index (χ4n) is 3.82. The molecular weight excluding hydrogens is 362 g/mol. The van der Waals surface area contributed by atoms with Crippen molar-refractivity contribution >= 4 is 22.6 Å². The van der Waals surface area contributed by atoms with Crippen molar-refractivity contribution < 1.29 is 4.79 Å². The van der Waals surface area contributed by atoms with Gasteiger partial charge in [-0.3, -0.25) is 4.79 Å². The molecule has 0 aliphatic carbocycles. The highest BCUT2D eigenvalue weighted by atomic mass is 16.2. The second kappa shape index (κ2) is 7.14. The summed E-state index contributed by atoms with van der Waals surface area (Å²) < 4.78 is 1.80. The SMILES string of the molecule is Cc1nn(-c2ccccc2)c2nc(C(=O)N3CCNCc4ccccc43)ccc12. The normalized spacial score (nSPS) is 13.9. The lowest BCUT2D eigenvalue weighted by Gasteiger charge is -2.22. The third-order valence-corrected chi connectivity index (χ3v) is 5.29. The number of fused-ring (bicyclic) bond motifs is 2. The van der Waals surface area contributed by atoms with Crippen molar-refractivity contribution in [1.82, 2.24) is 20.1 Å². The van der Waals surface area contributed by atoms with E-state index >= 15 is 0 Å². The van der Waals surface area contributed by atoms with Gasteiger partial charge in [0.25, 0.3) is 5.91 Å². The van der Waals surface area contributed by atoms with Gasteiger partial charge < -0.3 is 10.2 Å². The second-order valence-electron chi connectivity index (χ2n) is 7.16. The maximum atomic E-state index is 13.4. The topological polar surface area (TPSA) is 63.1 Å². The van der Waals surface area contributed by atoms with Crippen LogP contribution in [0, 0.1) is 6.92 Å². The highest BCUT2D eigenvalue weighted by Crippen LogP contribution is 2.25. The van der Waals surface area contributed by atoms with Gasteiger partial charge in [0.1, 0.15) is 5.69 Å². The Morgan fingerprint density at radius 1 is 1.00 bits per heavy atom. The molecule has 0 unspecified atom stereocenters. The van der Waals surface area contributed by atoms with Crippen molar-refractivity contribution in [3.8, 4) is 5.69 Å². The van der Waals surface area contributed by atoms with Crippen molar-refractivity contribution in [2.24, 2.45) is 0 Å². The lowest BCUT2D eigenvalue weighted by atomic mass is 10.1. The van der Waals surface area contributed by atoms with Crippen LogP contribution in [0.25, 0.3) is 16.7 Å². The molecule has 0 saturated carbocycles. The van der Waals surface area contributed by atoms with Crippen LogP contribution >= 0.6 is 0 Å². The highest BCUT2D eigenvalue weighted by Gasteiger charge is 2.24. The van der Waals surface area contributed by atoms with E-state index in [1.807, 2.05) is 66.4 Å². The van der Waals surface area contributed by atoms with Gasteiger partial charge in [-0.1, -0.05) is 36.4 Å². The van der Waals surface area contributed by atoms with E-state index in [1.54, 1.807) is 10.7 Å². The molecule has 2 aromatic heterocycles. The van der Waals surface area contributed by atoms with Crippen LogP contribution < -0.4 is 10.2 Å². The van der Waals surface area contributed by atoms with Gasteiger partial charge in [0, 0.05) is 30.7 Å². The van der Waals surface area contributed by atoms with E-state index in [4.69, 9.17) is 4.98 Å². The van der Waals surface area contributed by atoms with Gasteiger partial charge in [-0.15, -0.1) is 0 Å². The van der Waals surface area contributed by atoms with Crippen LogP contribution in [0.2, 0.25) is 0 Å². The van der Waals surface area contributed by atoms with Gasteiger partial charge in [-0.05, 0) is 42.8 Å². The van der Waals surface area contributed by atoms with Crippen LogP contribution in [-0.2, 0) is 6.54 Å². The molecule has 5 rings (SSSR count). The fraction of sp³-hybridized carbons (Fsp3) is 0.174. The van der Waals surface area contributed by atoms with Crippen LogP contribution in [0.15, 0.2) is 66.7 Å². The summed E-state index contributed by atoms with van der Waals surface area (Å²) in [6.07, 6.45) is 0. The molecule has 0 fully saturated rings. The first-order valence-corrected chi connectivity index (χ1v) is 9.74. The maximum absolute atomic E-state index is 13.4. The minimum absolute atomic E-state index is 0.0958. The molecular formula is C23H21N5O. The van der Waals surface area contributed by atoms with Crippen LogP contribution in [-0.4, -0.2) is 33.8 Å². The van der Waals surface area contributed by atoms with Crippen LogP contribution in [0.5, 0.6) is 0 Å². The molecule has 1 amide bonds. The largest absolute Gasteiger partial charge is 0.311 e. The van der Waals surface area contributed by atoms with Crippen LogP contribution in [0.3, 0.4) is 0 Å². The molecule has 0 bridgehead atoms.